The highest BCUT2D eigenvalue weighted by atomic mass is 14.2. The van der Waals surface area contributed by atoms with Gasteiger partial charge in [-0.25, -0.2) is 0 Å². The number of benzene rings is 1. The van der Waals surface area contributed by atoms with Gasteiger partial charge in [-0.3, -0.25) is 0 Å². The molecule has 0 aromatic heterocycles. The van der Waals surface area contributed by atoms with Crippen molar-refractivity contribution >= 4 is 0 Å². The molecule has 0 aliphatic rings. The van der Waals surface area contributed by atoms with E-state index in [9.17, 15) is 0 Å². The van der Waals surface area contributed by atoms with Crippen LogP contribution in [0.25, 0.3) is 0 Å². The molecule has 82 valence electrons. The second kappa shape index (κ2) is 5.16. The molecule has 1 aromatic rings. The van der Waals surface area contributed by atoms with E-state index in [1.807, 2.05) is 0 Å². The van der Waals surface area contributed by atoms with Crippen molar-refractivity contribution < 1.29 is 0 Å². The van der Waals surface area contributed by atoms with Gasteiger partial charge >= 0.3 is 0 Å². The second-order valence-corrected chi connectivity index (χ2v) is 5.31. The van der Waals surface area contributed by atoms with Gasteiger partial charge < -0.3 is 0 Å². The summed E-state index contributed by atoms with van der Waals surface area (Å²) in [5, 5.41) is 0. The van der Waals surface area contributed by atoms with Gasteiger partial charge in [-0.1, -0.05) is 55.8 Å². The normalized spacial score (nSPS) is 11.2. The quantitative estimate of drug-likeness (QED) is 0.625. The van der Waals surface area contributed by atoms with E-state index in [2.05, 4.69) is 64.1 Å². The fourth-order valence-corrected chi connectivity index (χ4v) is 1.70. The number of rotatable bonds is 4. The Morgan fingerprint density at radius 3 is 2.27 bits per heavy atom. The molecule has 0 heteroatoms. The average Bonchev–Trinajstić information content (AvgIpc) is 2.16. The van der Waals surface area contributed by atoms with Gasteiger partial charge in [-0.05, 0) is 37.7 Å². The summed E-state index contributed by atoms with van der Waals surface area (Å²) < 4.78 is 0. The lowest BCUT2D eigenvalue weighted by Gasteiger charge is -2.23. The Labute approximate surface area is 94.0 Å². The maximum Gasteiger partial charge on any atom is -0.0224 e. The molecular weight excluding hydrogens is 180 g/mol. The van der Waals surface area contributed by atoms with Gasteiger partial charge in [-0.15, -0.1) is 0 Å². The Morgan fingerprint density at radius 1 is 1.13 bits per heavy atom. The van der Waals surface area contributed by atoms with Crippen LogP contribution in [-0.4, -0.2) is 0 Å². The van der Waals surface area contributed by atoms with Crippen LogP contribution in [0.3, 0.4) is 0 Å². The third-order valence-corrected chi connectivity index (χ3v) is 2.59. The predicted octanol–water partition coefficient (Wildman–Crippen LogP) is 4.61. The van der Waals surface area contributed by atoms with Crippen LogP contribution in [0, 0.1) is 5.41 Å². The van der Waals surface area contributed by atoms with Crippen LogP contribution < -0.4 is 0 Å². The monoisotopic (exact) mass is 202 g/mol. The smallest absolute Gasteiger partial charge is 0.0224 e. The Kier molecular flexibility index (Phi) is 4.14. The van der Waals surface area contributed by atoms with E-state index in [1.54, 1.807) is 0 Å². The molecule has 0 amide bonds. The van der Waals surface area contributed by atoms with Crippen LogP contribution in [0.1, 0.15) is 39.7 Å². The second-order valence-electron chi connectivity index (χ2n) is 5.31. The van der Waals surface area contributed by atoms with Gasteiger partial charge in [-0.2, -0.15) is 0 Å². The molecule has 0 saturated carbocycles. The molecule has 0 saturated heterocycles. The summed E-state index contributed by atoms with van der Waals surface area (Å²) in [7, 11) is 0. The van der Waals surface area contributed by atoms with E-state index < -0.39 is 0 Å². The zero-order chi connectivity index (χ0) is 11.3. The first-order valence-electron chi connectivity index (χ1n) is 5.67. The summed E-state index contributed by atoms with van der Waals surface area (Å²) in [6.07, 6.45) is 4.64. The summed E-state index contributed by atoms with van der Waals surface area (Å²) in [6.45, 7) is 9.00. The number of hydrogen-bond acceptors (Lipinski definition) is 0. The summed E-state index contributed by atoms with van der Waals surface area (Å²) in [4.78, 5) is 0. The molecule has 0 aliphatic heterocycles. The van der Waals surface area contributed by atoms with Crippen molar-refractivity contribution in [3.8, 4) is 0 Å². The Hall–Kier alpha value is -1.04. The molecular formula is C15H22. The number of hydrogen-bond donors (Lipinski definition) is 0. The molecule has 0 atom stereocenters. The molecule has 0 unspecified atom stereocenters. The molecule has 0 radical (unpaired) electrons. The lowest BCUT2D eigenvalue weighted by Crippen LogP contribution is -2.13. The van der Waals surface area contributed by atoms with Crippen molar-refractivity contribution in [2.75, 3.05) is 0 Å². The first-order chi connectivity index (χ1) is 6.99. The molecule has 0 aliphatic carbocycles. The van der Waals surface area contributed by atoms with Crippen molar-refractivity contribution in [2.24, 2.45) is 5.41 Å². The maximum absolute atomic E-state index is 2.34. The van der Waals surface area contributed by atoms with Crippen molar-refractivity contribution in [2.45, 2.75) is 40.5 Å². The van der Waals surface area contributed by atoms with E-state index in [0.717, 1.165) is 12.8 Å². The lowest BCUT2D eigenvalue weighted by molar-refractivity contribution is 0.368. The fraction of sp³-hybridized carbons (Fsp3) is 0.467. The Morgan fingerprint density at radius 2 is 1.73 bits per heavy atom. The molecule has 1 rings (SSSR count). The maximum atomic E-state index is 2.34. The van der Waals surface area contributed by atoms with Crippen LogP contribution in [0.4, 0.5) is 0 Å². The van der Waals surface area contributed by atoms with Gasteiger partial charge in [0.1, 0.15) is 0 Å². The first kappa shape index (κ1) is 12.0. The SMILES string of the molecule is CC(C)=CCC(C)(C)Cc1ccccc1. The van der Waals surface area contributed by atoms with E-state index >= 15 is 0 Å². The fourth-order valence-electron chi connectivity index (χ4n) is 1.70. The van der Waals surface area contributed by atoms with E-state index in [-0.39, 0.29) is 0 Å². The highest BCUT2D eigenvalue weighted by molar-refractivity contribution is 5.16. The summed E-state index contributed by atoms with van der Waals surface area (Å²) in [5.74, 6) is 0. The van der Waals surface area contributed by atoms with Crippen LogP contribution >= 0.6 is 0 Å². The third kappa shape index (κ3) is 4.83. The van der Waals surface area contributed by atoms with Gasteiger partial charge in [0.15, 0.2) is 0 Å². The molecule has 15 heavy (non-hydrogen) atoms. The molecule has 0 bridgehead atoms. The van der Waals surface area contributed by atoms with Crippen LogP contribution in [0.15, 0.2) is 42.0 Å². The van der Waals surface area contributed by atoms with Crippen molar-refractivity contribution in [3.63, 3.8) is 0 Å². The highest BCUT2D eigenvalue weighted by Crippen LogP contribution is 2.26. The molecule has 0 nitrogen and oxygen atoms in total. The van der Waals surface area contributed by atoms with Gasteiger partial charge in [0.05, 0.1) is 0 Å². The Balaban J connectivity index is 2.60. The highest BCUT2D eigenvalue weighted by Gasteiger charge is 2.16. The zero-order valence-corrected chi connectivity index (χ0v) is 10.4. The third-order valence-electron chi connectivity index (χ3n) is 2.59. The topological polar surface area (TPSA) is 0 Å². The summed E-state index contributed by atoms with van der Waals surface area (Å²) in [5.41, 5.74) is 3.21. The zero-order valence-electron chi connectivity index (χ0n) is 10.4. The van der Waals surface area contributed by atoms with Gasteiger partial charge in [0.25, 0.3) is 0 Å². The average molecular weight is 202 g/mol. The molecule has 0 spiro atoms. The summed E-state index contributed by atoms with van der Waals surface area (Å²) in [6, 6.07) is 10.7. The first-order valence-corrected chi connectivity index (χ1v) is 5.67. The van der Waals surface area contributed by atoms with Crippen molar-refractivity contribution in [3.05, 3.63) is 47.5 Å². The van der Waals surface area contributed by atoms with E-state index in [0.29, 0.717) is 5.41 Å². The van der Waals surface area contributed by atoms with Gasteiger partial charge in [0, 0.05) is 0 Å². The molecule has 1 aromatic carbocycles. The van der Waals surface area contributed by atoms with Crippen LogP contribution in [0.5, 0.6) is 0 Å². The van der Waals surface area contributed by atoms with E-state index in [4.69, 9.17) is 0 Å². The predicted molar refractivity (Wildman–Crippen MR) is 68.0 cm³/mol. The van der Waals surface area contributed by atoms with Crippen LogP contribution in [-0.2, 0) is 6.42 Å². The van der Waals surface area contributed by atoms with Crippen LogP contribution in [0.2, 0.25) is 0 Å². The number of allylic oxidation sites excluding steroid dienone is 2. The van der Waals surface area contributed by atoms with Gasteiger partial charge in [0.2, 0.25) is 0 Å². The molecule has 0 N–H and O–H groups in total. The molecule has 0 heterocycles. The Bertz CT molecular complexity index is 313. The largest absolute Gasteiger partial charge is 0.0853 e. The van der Waals surface area contributed by atoms with E-state index in [1.165, 1.54) is 11.1 Å². The summed E-state index contributed by atoms with van der Waals surface area (Å²) >= 11 is 0. The standard InChI is InChI=1S/C15H22/c1-13(2)10-11-15(3,4)12-14-8-6-5-7-9-14/h5-10H,11-12H2,1-4H3. The minimum Gasteiger partial charge on any atom is -0.0853 e. The van der Waals surface area contributed by atoms with Crippen molar-refractivity contribution in [1.82, 2.24) is 0 Å². The minimum absolute atomic E-state index is 0.360. The lowest BCUT2D eigenvalue weighted by atomic mass is 9.82. The van der Waals surface area contributed by atoms with Crippen molar-refractivity contribution in [1.29, 1.82) is 0 Å². The minimum atomic E-state index is 0.360. The molecule has 0 fully saturated rings.